The SMILES string of the molecule is c1csc(-c2noc(-c3ncn(C4CCCNC4)n3)n2)c1. The van der Waals surface area contributed by atoms with E-state index in [4.69, 9.17) is 4.52 Å². The van der Waals surface area contributed by atoms with E-state index < -0.39 is 0 Å². The number of piperidine rings is 1. The van der Waals surface area contributed by atoms with E-state index in [-0.39, 0.29) is 0 Å². The Balaban J connectivity index is 1.58. The molecule has 0 radical (unpaired) electrons. The van der Waals surface area contributed by atoms with Crippen molar-refractivity contribution in [3.05, 3.63) is 23.8 Å². The molecule has 8 heteroatoms. The molecular weight excluding hydrogens is 288 g/mol. The second-order valence-electron chi connectivity index (χ2n) is 4.95. The first-order valence-corrected chi connectivity index (χ1v) is 7.78. The Bertz CT molecular complexity index is 713. The van der Waals surface area contributed by atoms with Gasteiger partial charge >= 0.3 is 0 Å². The van der Waals surface area contributed by atoms with Crippen molar-refractivity contribution in [2.75, 3.05) is 13.1 Å². The van der Waals surface area contributed by atoms with Crippen LogP contribution in [0.5, 0.6) is 0 Å². The molecule has 4 rings (SSSR count). The molecule has 1 N–H and O–H groups in total. The molecule has 0 amide bonds. The van der Waals surface area contributed by atoms with Gasteiger partial charge in [0, 0.05) is 6.54 Å². The minimum Gasteiger partial charge on any atom is -0.330 e. The number of hydrogen-bond acceptors (Lipinski definition) is 7. The second kappa shape index (κ2) is 5.38. The van der Waals surface area contributed by atoms with Crippen LogP contribution in [-0.2, 0) is 0 Å². The summed E-state index contributed by atoms with van der Waals surface area (Å²) < 4.78 is 7.15. The second-order valence-corrected chi connectivity index (χ2v) is 5.90. The summed E-state index contributed by atoms with van der Waals surface area (Å²) >= 11 is 1.57. The van der Waals surface area contributed by atoms with Crippen LogP contribution in [0.25, 0.3) is 22.4 Å². The van der Waals surface area contributed by atoms with Gasteiger partial charge in [-0.2, -0.15) is 4.98 Å². The highest BCUT2D eigenvalue weighted by Crippen LogP contribution is 2.24. The summed E-state index contributed by atoms with van der Waals surface area (Å²) in [7, 11) is 0. The van der Waals surface area contributed by atoms with Crippen molar-refractivity contribution in [2.45, 2.75) is 18.9 Å². The molecule has 108 valence electrons. The number of nitrogens with one attached hydrogen (secondary N) is 1. The minimum atomic E-state index is 0.347. The summed E-state index contributed by atoms with van der Waals surface area (Å²) in [6.07, 6.45) is 4.00. The summed E-state index contributed by atoms with van der Waals surface area (Å²) in [4.78, 5) is 9.62. The molecule has 1 fully saturated rings. The summed E-state index contributed by atoms with van der Waals surface area (Å²) in [6, 6.07) is 4.26. The average Bonchev–Trinajstić information content (AvgIpc) is 3.27. The Morgan fingerprint density at radius 1 is 1.38 bits per heavy atom. The highest BCUT2D eigenvalue weighted by atomic mass is 32.1. The normalized spacial score (nSPS) is 19.0. The predicted molar refractivity (Wildman–Crippen MR) is 77.8 cm³/mol. The van der Waals surface area contributed by atoms with Gasteiger partial charge in [-0.1, -0.05) is 11.2 Å². The van der Waals surface area contributed by atoms with Gasteiger partial charge in [0.25, 0.3) is 5.89 Å². The van der Waals surface area contributed by atoms with Crippen LogP contribution in [0.15, 0.2) is 28.4 Å². The minimum absolute atomic E-state index is 0.347. The molecule has 1 atom stereocenters. The summed E-state index contributed by atoms with van der Waals surface area (Å²) in [5.41, 5.74) is 0. The third-order valence-corrected chi connectivity index (χ3v) is 4.38. The number of nitrogens with zero attached hydrogens (tertiary/aromatic N) is 5. The van der Waals surface area contributed by atoms with E-state index in [1.807, 2.05) is 22.2 Å². The van der Waals surface area contributed by atoms with Gasteiger partial charge in [-0.25, -0.2) is 9.67 Å². The van der Waals surface area contributed by atoms with Crippen molar-refractivity contribution in [1.29, 1.82) is 0 Å². The molecule has 0 aromatic carbocycles. The molecule has 1 unspecified atom stereocenters. The highest BCUT2D eigenvalue weighted by molar-refractivity contribution is 7.13. The van der Waals surface area contributed by atoms with E-state index in [1.165, 1.54) is 0 Å². The molecule has 7 nitrogen and oxygen atoms in total. The molecule has 0 spiro atoms. The third kappa shape index (κ3) is 2.47. The van der Waals surface area contributed by atoms with Crippen LogP contribution in [0.4, 0.5) is 0 Å². The maximum Gasteiger partial charge on any atom is 0.297 e. The molecule has 1 saturated heterocycles. The van der Waals surface area contributed by atoms with E-state index in [1.54, 1.807) is 17.7 Å². The Morgan fingerprint density at radius 2 is 2.38 bits per heavy atom. The monoisotopic (exact) mass is 302 g/mol. The number of thiophene rings is 1. The van der Waals surface area contributed by atoms with Crippen molar-refractivity contribution in [3.8, 4) is 22.4 Å². The Hall–Kier alpha value is -2.06. The van der Waals surface area contributed by atoms with Crippen molar-refractivity contribution < 1.29 is 4.52 Å². The maximum atomic E-state index is 5.27. The molecule has 0 bridgehead atoms. The lowest BCUT2D eigenvalue weighted by Gasteiger charge is -2.22. The molecule has 1 aliphatic rings. The van der Waals surface area contributed by atoms with Crippen LogP contribution < -0.4 is 5.32 Å². The fraction of sp³-hybridized carbons (Fsp3) is 0.385. The lowest BCUT2D eigenvalue weighted by atomic mass is 10.1. The van der Waals surface area contributed by atoms with Crippen LogP contribution in [0, 0.1) is 0 Å². The quantitative estimate of drug-likeness (QED) is 0.796. The Morgan fingerprint density at radius 3 is 3.19 bits per heavy atom. The van der Waals surface area contributed by atoms with Gasteiger partial charge in [0.05, 0.1) is 10.9 Å². The zero-order chi connectivity index (χ0) is 14.1. The lowest BCUT2D eigenvalue weighted by Crippen LogP contribution is -2.31. The molecule has 1 aliphatic heterocycles. The fourth-order valence-corrected chi connectivity index (χ4v) is 3.08. The van der Waals surface area contributed by atoms with Crippen molar-refractivity contribution in [2.24, 2.45) is 0 Å². The molecule has 3 aromatic rings. The largest absolute Gasteiger partial charge is 0.330 e. The molecule has 3 aromatic heterocycles. The van der Waals surface area contributed by atoms with E-state index in [0.29, 0.717) is 23.6 Å². The first-order valence-electron chi connectivity index (χ1n) is 6.90. The fourth-order valence-electron chi connectivity index (χ4n) is 2.43. The predicted octanol–water partition coefficient (Wildman–Crippen LogP) is 1.98. The molecule has 0 saturated carbocycles. The Kier molecular flexibility index (Phi) is 3.24. The van der Waals surface area contributed by atoms with Gasteiger partial charge in [0.1, 0.15) is 6.33 Å². The zero-order valence-corrected chi connectivity index (χ0v) is 12.1. The van der Waals surface area contributed by atoms with E-state index in [2.05, 4.69) is 25.5 Å². The molecule has 0 aliphatic carbocycles. The van der Waals surface area contributed by atoms with Gasteiger partial charge in [0.15, 0.2) is 0 Å². The van der Waals surface area contributed by atoms with E-state index in [9.17, 15) is 0 Å². The van der Waals surface area contributed by atoms with Crippen LogP contribution in [0.3, 0.4) is 0 Å². The van der Waals surface area contributed by atoms with Crippen LogP contribution in [-0.4, -0.2) is 38.0 Å². The van der Waals surface area contributed by atoms with Gasteiger partial charge in [-0.3, -0.25) is 0 Å². The maximum absolute atomic E-state index is 5.27. The van der Waals surface area contributed by atoms with E-state index >= 15 is 0 Å². The number of rotatable bonds is 3. The van der Waals surface area contributed by atoms with Crippen molar-refractivity contribution >= 4 is 11.3 Å². The topological polar surface area (TPSA) is 81.7 Å². The molecule has 21 heavy (non-hydrogen) atoms. The van der Waals surface area contributed by atoms with Gasteiger partial charge in [-0.05, 0) is 30.8 Å². The molecular formula is C13H14N6OS. The van der Waals surface area contributed by atoms with Crippen molar-refractivity contribution in [1.82, 2.24) is 30.2 Å². The van der Waals surface area contributed by atoms with Gasteiger partial charge in [0.2, 0.25) is 11.6 Å². The number of aromatic nitrogens is 5. The molecule has 4 heterocycles. The number of hydrogen-bond donors (Lipinski definition) is 1. The average molecular weight is 302 g/mol. The van der Waals surface area contributed by atoms with Crippen LogP contribution in [0.2, 0.25) is 0 Å². The summed E-state index contributed by atoms with van der Waals surface area (Å²) in [5.74, 6) is 1.42. The van der Waals surface area contributed by atoms with Gasteiger partial charge < -0.3 is 9.84 Å². The standard InChI is InChI=1S/C13H14N6OS/c1-3-9(7-14-5-1)19-8-15-12(17-19)13-16-11(18-20-13)10-4-2-6-21-10/h2,4,6,8-9,14H,1,3,5,7H2. The van der Waals surface area contributed by atoms with Gasteiger partial charge in [-0.15, -0.1) is 16.4 Å². The Labute approximate surface area is 125 Å². The third-order valence-electron chi connectivity index (χ3n) is 3.51. The van der Waals surface area contributed by atoms with Crippen LogP contribution >= 0.6 is 11.3 Å². The summed E-state index contributed by atoms with van der Waals surface area (Å²) in [5, 5.41) is 13.8. The highest BCUT2D eigenvalue weighted by Gasteiger charge is 2.19. The first-order chi connectivity index (χ1) is 10.4. The van der Waals surface area contributed by atoms with E-state index in [0.717, 1.165) is 30.8 Å². The zero-order valence-electron chi connectivity index (χ0n) is 11.3. The smallest absolute Gasteiger partial charge is 0.297 e. The first kappa shape index (κ1) is 12.7. The van der Waals surface area contributed by atoms with Crippen LogP contribution in [0.1, 0.15) is 18.9 Å². The lowest BCUT2D eigenvalue weighted by molar-refractivity contribution is 0.345. The van der Waals surface area contributed by atoms with Crippen molar-refractivity contribution in [3.63, 3.8) is 0 Å². The summed E-state index contributed by atoms with van der Waals surface area (Å²) in [6.45, 7) is 2.00.